The Kier molecular flexibility index (Phi) is 5.42. The second-order valence-corrected chi connectivity index (χ2v) is 7.34. The highest BCUT2D eigenvalue weighted by molar-refractivity contribution is 6.30. The Hall–Kier alpha value is -3.38. The Labute approximate surface area is 178 Å². The van der Waals surface area contributed by atoms with Crippen LogP contribution in [0.4, 0.5) is 0 Å². The fraction of sp³-hybridized carbons (Fsp3) is 0.174. The molecule has 2 heterocycles. The van der Waals surface area contributed by atoms with Gasteiger partial charge in [-0.3, -0.25) is 9.59 Å². The summed E-state index contributed by atoms with van der Waals surface area (Å²) in [4.78, 5) is 29.2. The molecule has 0 radical (unpaired) electrons. The Morgan fingerprint density at radius 3 is 2.63 bits per heavy atom. The van der Waals surface area contributed by atoms with Crippen LogP contribution in [0.15, 0.2) is 63.8 Å². The highest BCUT2D eigenvalue weighted by Crippen LogP contribution is 2.24. The molecule has 1 amide bonds. The molecular weight excluding hydrogens is 402 g/mol. The van der Waals surface area contributed by atoms with Gasteiger partial charge in [-0.1, -0.05) is 11.6 Å². The van der Waals surface area contributed by atoms with Crippen LogP contribution >= 0.6 is 11.6 Å². The average Bonchev–Trinajstić information content (AvgIpc) is 3.22. The number of benzene rings is 2. The van der Waals surface area contributed by atoms with Gasteiger partial charge in [0.15, 0.2) is 0 Å². The number of fused-ring (bicyclic) bond motifs is 1. The van der Waals surface area contributed by atoms with Gasteiger partial charge in [0.1, 0.15) is 17.2 Å². The smallest absolute Gasteiger partial charge is 0.272 e. The summed E-state index contributed by atoms with van der Waals surface area (Å²) < 4.78 is 7.47. The van der Waals surface area contributed by atoms with E-state index in [1.807, 2.05) is 31.2 Å². The first-order valence-electron chi connectivity index (χ1n) is 9.60. The number of furan rings is 1. The molecule has 4 rings (SSSR count). The van der Waals surface area contributed by atoms with Gasteiger partial charge in [-0.2, -0.15) is 0 Å². The first-order chi connectivity index (χ1) is 14.5. The normalized spacial score (nSPS) is 11.0. The predicted molar refractivity (Wildman–Crippen MR) is 117 cm³/mol. The zero-order chi connectivity index (χ0) is 21.3. The zero-order valence-electron chi connectivity index (χ0n) is 16.6. The molecule has 2 aromatic carbocycles. The van der Waals surface area contributed by atoms with Gasteiger partial charge in [0.2, 0.25) is 0 Å². The molecule has 0 saturated heterocycles. The van der Waals surface area contributed by atoms with Crippen LogP contribution < -0.4 is 10.9 Å². The first kappa shape index (κ1) is 19.9. The van der Waals surface area contributed by atoms with Crippen molar-refractivity contribution in [2.75, 3.05) is 0 Å². The maximum atomic E-state index is 12.6. The van der Waals surface area contributed by atoms with E-state index in [0.717, 1.165) is 5.56 Å². The van der Waals surface area contributed by atoms with E-state index >= 15 is 0 Å². The van der Waals surface area contributed by atoms with Crippen LogP contribution in [-0.4, -0.2) is 15.5 Å². The number of hydrogen-bond acceptors (Lipinski definition) is 4. The van der Waals surface area contributed by atoms with Crippen LogP contribution in [-0.2, 0) is 13.1 Å². The Balaban J connectivity index is 1.50. The highest BCUT2D eigenvalue weighted by Gasteiger charge is 2.12. The monoisotopic (exact) mass is 421 g/mol. The van der Waals surface area contributed by atoms with Crippen LogP contribution in [0.3, 0.4) is 0 Å². The second kappa shape index (κ2) is 8.16. The van der Waals surface area contributed by atoms with Crippen molar-refractivity contribution in [3.8, 4) is 11.3 Å². The van der Waals surface area contributed by atoms with Crippen molar-refractivity contribution in [1.82, 2.24) is 14.9 Å². The van der Waals surface area contributed by atoms with Crippen LogP contribution in [0, 0.1) is 6.92 Å². The van der Waals surface area contributed by atoms with Gasteiger partial charge < -0.3 is 14.3 Å². The second-order valence-electron chi connectivity index (χ2n) is 6.91. The summed E-state index contributed by atoms with van der Waals surface area (Å²) in [5, 5.41) is 3.52. The number of amides is 1. The average molecular weight is 422 g/mol. The highest BCUT2D eigenvalue weighted by atomic mass is 35.5. The standard InChI is InChI=1S/C23H20ClN3O3/c1-3-27-20-10-6-16(12-19(20)26-14(2)23(27)29)22(28)25-13-18-9-11-21(30-18)15-4-7-17(24)8-5-15/h4-12H,3,13H2,1-2H3,(H,25,28). The molecule has 0 spiro atoms. The Morgan fingerprint density at radius 2 is 1.90 bits per heavy atom. The van der Waals surface area contributed by atoms with Crippen molar-refractivity contribution in [2.45, 2.75) is 26.9 Å². The number of aryl methyl sites for hydroxylation is 2. The van der Waals surface area contributed by atoms with Crippen molar-refractivity contribution >= 4 is 28.5 Å². The van der Waals surface area contributed by atoms with Gasteiger partial charge in [0, 0.05) is 22.7 Å². The molecule has 0 aliphatic heterocycles. The minimum atomic E-state index is -0.241. The van der Waals surface area contributed by atoms with E-state index in [-0.39, 0.29) is 18.0 Å². The zero-order valence-corrected chi connectivity index (χ0v) is 17.4. The lowest BCUT2D eigenvalue weighted by atomic mass is 10.1. The molecule has 0 fully saturated rings. The first-order valence-corrected chi connectivity index (χ1v) is 9.98. The van der Waals surface area contributed by atoms with E-state index in [9.17, 15) is 9.59 Å². The van der Waals surface area contributed by atoms with E-state index in [1.54, 1.807) is 41.8 Å². The number of nitrogens with one attached hydrogen (secondary N) is 1. The van der Waals surface area contributed by atoms with E-state index < -0.39 is 0 Å². The number of nitrogens with zero attached hydrogens (tertiary/aromatic N) is 2. The fourth-order valence-corrected chi connectivity index (χ4v) is 3.47. The number of carbonyl (C=O) groups excluding carboxylic acids is 1. The van der Waals surface area contributed by atoms with E-state index in [1.165, 1.54) is 0 Å². The molecule has 0 aliphatic carbocycles. The number of carbonyl (C=O) groups is 1. The summed E-state index contributed by atoms with van der Waals surface area (Å²) >= 11 is 5.92. The molecule has 1 N–H and O–H groups in total. The van der Waals surface area contributed by atoms with Gasteiger partial charge in [0.05, 0.1) is 17.6 Å². The quantitative estimate of drug-likeness (QED) is 0.512. The summed E-state index contributed by atoms with van der Waals surface area (Å²) in [5.41, 5.74) is 3.01. The third-order valence-corrected chi connectivity index (χ3v) is 5.15. The summed E-state index contributed by atoms with van der Waals surface area (Å²) in [5.74, 6) is 1.11. The van der Waals surface area contributed by atoms with Crippen molar-refractivity contribution in [3.63, 3.8) is 0 Å². The predicted octanol–water partition coefficient (Wildman–Crippen LogP) is 4.57. The van der Waals surface area contributed by atoms with Gasteiger partial charge >= 0.3 is 0 Å². The van der Waals surface area contributed by atoms with Crippen LogP contribution in [0.2, 0.25) is 5.02 Å². The topological polar surface area (TPSA) is 77.1 Å². The summed E-state index contributed by atoms with van der Waals surface area (Å²) in [6.45, 7) is 4.38. The third-order valence-electron chi connectivity index (χ3n) is 4.90. The van der Waals surface area contributed by atoms with E-state index in [2.05, 4.69) is 10.3 Å². The molecule has 0 unspecified atom stereocenters. The maximum absolute atomic E-state index is 12.6. The van der Waals surface area contributed by atoms with E-state index in [4.69, 9.17) is 16.0 Å². The fourth-order valence-electron chi connectivity index (χ4n) is 3.34. The van der Waals surface area contributed by atoms with Gasteiger partial charge in [-0.05, 0) is 68.4 Å². The maximum Gasteiger partial charge on any atom is 0.272 e. The molecular formula is C23H20ClN3O3. The molecule has 0 bridgehead atoms. The van der Waals surface area contributed by atoms with Crippen LogP contribution in [0.1, 0.15) is 28.7 Å². The minimum absolute atomic E-state index is 0.114. The van der Waals surface area contributed by atoms with Gasteiger partial charge in [-0.25, -0.2) is 4.98 Å². The molecule has 30 heavy (non-hydrogen) atoms. The molecule has 0 atom stereocenters. The molecule has 6 nitrogen and oxygen atoms in total. The van der Waals surface area contributed by atoms with Gasteiger partial charge in [0.25, 0.3) is 11.5 Å². The van der Waals surface area contributed by atoms with Crippen molar-refractivity contribution < 1.29 is 9.21 Å². The molecule has 0 aliphatic rings. The van der Waals surface area contributed by atoms with Gasteiger partial charge in [-0.15, -0.1) is 0 Å². The van der Waals surface area contributed by atoms with E-state index in [0.29, 0.717) is 45.4 Å². The molecule has 0 saturated carbocycles. The minimum Gasteiger partial charge on any atom is -0.459 e. The SMILES string of the molecule is CCn1c(=O)c(C)nc2cc(C(=O)NCc3ccc(-c4ccc(Cl)cc4)o3)ccc21. The third kappa shape index (κ3) is 3.86. The van der Waals surface area contributed by atoms with Crippen LogP contribution in [0.25, 0.3) is 22.4 Å². The molecule has 7 heteroatoms. The lowest BCUT2D eigenvalue weighted by Crippen LogP contribution is -2.25. The molecule has 152 valence electrons. The number of aromatic nitrogens is 2. The van der Waals surface area contributed by atoms with Crippen LogP contribution in [0.5, 0.6) is 0 Å². The number of hydrogen-bond donors (Lipinski definition) is 1. The Bertz CT molecular complexity index is 1290. The molecule has 2 aromatic heterocycles. The summed E-state index contributed by atoms with van der Waals surface area (Å²) in [6.07, 6.45) is 0. The largest absolute Gasteiger partial charge is 0.459 e. The van der Waals surface area contributed by atoms with Crippen molar-refractivity contribution in [3.05, 3.63) is 87.0 Å². The number of rotatable bonds is 5. The number of halogens is 1. The lowest BCUT2D eigenvalue weighted by Gasteiger charge is -2.10. The lowest BCUT2D eigenvalue weighted by molar-refractivity contribution is 0.0948. The summed E-state index contributed by atoms with van der Waals surface area (Å²) in [6, 6.07) is 16.2. The molecule has 4 aromatic rings. The van der Waals surface area contributed by atoms with Crippen molar-refractivity contribution in [1.29, 1.82) is 0 Å². The Morgan fingerprint density at radius 1 is 1.13 bits per heavy atom. The summed E-state index contributed by atoms with van der Waals surface area (Å²) in [7, 11) is 0. The van der Waals surface area contributed by atoms with Crippen molar-refractivity contribution in [2.24, 2.45) is 0 Å².